The van der Waals surface area contributed by atoms with Crippen molar-refractivity contribution < 1.29 is 14.0 Å². The van der Waals surface area contributed by atoms with Gasteiger partial charge in [-0.2, -0.15) is 0 Å². The standard InChI is InChI=1S/C8H8N2O3/c1-10-7(11)5-2-3-13-6(5)4-9-8(10)12/h2-3H,4H2,1H3,(H,9,12). The van der Waals surface area contributed by atoms with Crippen molar-refractivity contribution >= 4 is 11.9 Å². The second kappa shape index (κ2) is 2.62. The molecule has 0 fully saturated rings. The van der Waals surface area contributed by atoms with Crippen LogP contribution in [-0.4, -0.2) is 23.9 Å². The Bertz CT molecular complexity index is 369. The molecule has 0 unspecified atom stereocenters. The van der Waals surface area contributed by atoms with Crippen LogP contribution in [0.2, 0.25) is 0 Å². The van der Waals surface area contributed by atoms with Crippen molar-refractivity contribution in [3.05, 3.63) is 23.7 Å². The Morgan fingerprint density at radius 1 is 1.54 bits per heavy atom. The summed E-state index contributed by atoms with van der Waals surface area (Å²) in [6.07, 6.45) is 1.44. The minimum Gasteiger partial charge on any atom is -0.467 e. The molecular weight excluding hydrogens is 172 g/mol. The number of amides is 3. The van der Waals surface area contributed by atoms with Gasteiger partial charge in [0.05, 0.1) is 18.4 Å². The van der Waals surface area contributed by atoms with Crippen LogP contribution in [0.3, 0.4) is 0 Å². The Labute approximate surface area is 74.3 Å². The van der Waals surface area contributed by atoms with Crippen LogP contribution in [0.25, 0.3) is 0 Å². The molecule has 0 bridgehead atoms. The van der Waals surface area contributed by atoms with Gasteiger partial charge in [-0.3, -0.25) is 9.69 Å². The van der Waals surface area contributed by atoms with Gasteiger partial charge in [0.1, 0.15) is 5.76 Å². The van der Waals surface area contributed by atoms with Gasteiger partial charge in [0, 0.05) is 7.05 Å². The highest BCUT2D eigenvalue weighted by Crippen LogP contribution is 2.15. The van der Waals surface area contributed by atoms with E-state index >= 15 is 0 Å². The lowest BCUT2D eigenvalue weighted by atomic mass is 10.2. The molecule has 0 saturated heterocycles. The van der Waals surface area contributed by atoms with Crippen LogP contribution in [0.15, 0.2) is 16.7 Å². The Morgan fingerprint density at radius 3 is 3.08 bits per heavy atom. The molecule has 5 nitrogen and oxygen atoms in total. The summed E-state index contributed by atoms with van der Waals surface area (Å²) in [6, 6.07) is 1.16. The lowest BCUT2D eigenvalue weighted by Gasteiger charge is -2.10. The molecule has 13 heavy (non-hydrogen) atoms. The van der Waals surface area contributed by atoms with E-state index in [9.17, 15) is 9.59 Å². The lowest BCUT2D eigenvalue weighted by Crippen LogP contribution is -2.37. The third kappa shape index (κ3) is 1.09. The van der Waals surface area contributed by atoms with Gasteiger partial charge >= 0.3 is 6.03 Å². The molecule has 5 heteroatoms. The van der Waals surface area contributed by atoms with E-state index in [0.29, 0.717) is 11.3 Å². The van der Waals surface area contributed by atoms with Crippen molar-refractivity contribution in [2.45, 2.75) is 6.54 Å². The minimum atomic E-state index is -0.406. The number of hydrogen-bond donors (Lipinski definition) is 1. The van der Waals surface area contributed by atoms with Gasteiger partial charge in [-0.15, -0.1) is 0 Å². The number of carbonyl (C=O) groups is 2. The lowest BCUT2D eigenvalue weighted by molar-refractivity contribution is 0.0836. The van der Waals surface area contributed by atoms with E-state index in [-0.39, 0.29) is 12.5 Å². The topological polar surface area (TPSA) is 62.6 Å². The number of nitrogens with one attached hydrogen (secondary N) is 1. The van der Waals surface area contributed by atoms with E-state index < -0.39 is 6.03 Å². The van der Waals surface area contributed by atoms with Gasteiger partial charge in [0.25, 0.3) is 5.91 Å². The number of nitrogens with zero attached hydrogens (tertiary/aromatic N) is 1. The van der Waals surface area contributed by atoms with Gasteiger partial charge in [0.2, 0.25) is 0 Å². The highest BCUT2D eigenvalue weighted by molar-refractivity contribution is 6.05. The number of rotatable bonds is 0. The SMILES string of the molecule is CN1C(=O)NCc2occc2C1=O. The first-order valence-electron chi connectivity index (χ1n) is 3.82. The Balaban J connectivity index is 2.46. The summed E-state index contributed by atoms with van der Waals surface area (Å²) < 4.78 is 5.04. The van der Waals surface area contributed by atoms with Crippen LogP contribution in [0, 0.1) is 0 Å². The van der Waals surface area contributed by atoms with Gasteiger partial charge in [-0.05, 0) is 6.07 Å². The minimum absolute atomic E-state index is 0.261. The van der Waals surface area contributed by atoms with Crippen LogP contribution >= 0.6 is 0 Å². The Hall–Kier alpha value is -1.78. The van der Waals surface area contributed by atoms with Crippen molar-refractivity contribution in [1.82, 2.24) is 10.2 Å². The first-order valence-corrected chi connectivity index (χ1v) is 3.82. The predicted octanol–water partition coefficient (Wildman–Crippen LogP) is 0.575. The monoisotopic (exact) mass is 180 g/mol. The van der Waals surface area contributed by atoms with Gasteiger partial charge < -0.3 is 9.73 Å². The zero-order valence-corrected chi connectivity index (χ0v) is 7.03. The normalized spacial score (nSPS) is 16.5. The number of carbonyl (C=O) groups excluding carboxylic acids is 2. The molecule has 0 atom stereocenters. The van der Waals surface area contributed by atoms with Crippen molar-refractivity contribution in [2.75, 3.05) is 7.05 Å². The first-order chi connectivity index (χ1) is 6.20. The summed E-state index contributed by atoms with van der Waals surface area (Å²) in [6.45, 7) is 0.261. The van der Waals surface area contributed by atoms with E-state index in [2.05, 4.69) is 5.32 Å². The molecule has 1 aliphatic rings. The third-order valence-corrected chi connectivity index (χ3v) is 1.99. The molecule has 0 spiro atoms. The average molecular weight is 180 g/mol. The number of fused-ring (bicyclic) bond motifs is 1. The van der Waals surface area contributed by atoms with Crippen LogP contribution in [-0.2, 0) is 6.54 Å². The van der Waals surface area contributed by atoms with Crippen molar-refractivity contribution in [3.8, 4) is 0 Å². The highest BCUT2D eigenvalue weighted by Gasteiger charge is 2.26. The second-order valence-electron chi connectivity index (χ2n) is 2.78. The van der Waals surface area contributed by atoms with Gasteiger partial charge in [-0.1, -0.05) is 0 Å². The molecule has 1 N–H and O–H groups in total. The van der Waals surface area contributed by atoms with E-state index in [0.717, 1.165) is 4.90 Å². The Kier molecular flexibility index (Phi) is 1.58. The van der Waals surface area contributed by atoms with Gasteiger partial charge in [0.15, 0.2) is 0 Å². The summed E-state index contributed by atoms with van der Waals surface area (Å²) in [7, 11) is 1.43. The molecular formula is C8H8N2O3. The van der Waals surface area contributed by atoms with E-state index in [1.54, 1.807) is 6.07 Å². The molecule has 1 aromatic heterocycles. The number of furan rings is 1. The molecule has 3 amide bonds. The number of urea groups is 1. The largest absolute Gasteiger partial charge is 0.467 e. The first kappa shape index (κ1) is 7.85. The van der Waals surface area contributed by atoms with E-state index in [1.165, 1.54) is 13.3 Å². The fourth-order valence-corrected chi connectivity index (χ4v) is 1.22. The maximum absolute atomic E-state index is 11.5. The number of imide groups is 1. The van der Waals surface area contributed by atoms with E-state index in [4.69, 9.17) is 4.42 Å². The van der Waals surface area contributed by atoms with Crippen LogP contribution in [0.4, 0.5) is 4.79 Å². The summed E-state index contributed by atoms with van der Waals surface area (Å²) >= 11 is 0. The maximum atomic E-state index is 11.5. The molecule has 1 aromatic rings. The van der Waals surface area contributed by atoms with Crippen LogP contribution < -0.4 is 5.32 Å². The smallest absolute Gasteiger partial charge is 0.324 e. The molecule has 0 aliphatic carbocycles. The van der Waals surface area contributed by atoms with Crippen molar-refractivity contribution in [2.24, 2.45) is 0 Å². The number of hydrogen-bond acceptors (Lipinski definition) is 3. The zero-order chi connectivity index (χ0) is 9.42. The summed E-state index contributed by atoms with van der Waals surface area (Å²) in [5.41, 5.74) is 0.445. The van der Waals surface area contributed by atoms with Crippen LogP contribution in [0.1, 0.15) is 16.1 Å². The van der Waals surface area contributed by atoms with E-state index in [1.807, 2.05) is 0 Å². The quantitative estimate of drug-likeness (QED) is 0.635. The molecule has 2 rings (SSSR count). The zero-order valence-electron chi connectivity index (χ0n) is 7.03. The molecule has 0 aromatic carbocycles. The summed E-state index contributed by atoms with van der Waals surface area (Å²) in [5.74, 6) is 0.168. The van der Waals surface area contributed by atoms with Crippen LogP contribution in [0.5, 0.6) is 0 Å². The summed E-state index contributed by atoms with van der Waals surface area (Å²) in [4.78, 5) is 23.7. The molecule has 1 aliphatic heterocycles. The highest BCUT2D eigenvalue weighted by atomic mass is 16.3. The predicted molar refractivity (Wildman–Crippen MR) is 43.0 cm³/mol. The average Bonchev–Trinajstić information content (AvgIpc) is 2.56. The molecule has 0 saturated carbocycles. The van der Waals surface area contributed by atoms with Gasteiger partial charge in [-0.25, -0.2) is 4.79 Å². The molecule has 2 heterocycles. The maximum Gasteiger partial charge on any atom is 0.324 e. The molecule has 68 valence electrons. The van der Waals surface area contributed by atoms with Crippen molar-refractivity contribution in [3.63, 3.8) is 0 Å². The fourth-order valence-electron chi connectivity index (χ4n) is 1.22. The summed E-state index contributed by atoms with van der Waals surface area (Å²) in [5, 5.41) is 2.54. The molecule has 0 radical (unpaired) electrons. The van der Waals surface area contributed by atoms with Crippen molar-refractivity contribution in [1.29, 1.82) is 0 Å². The fraction of sp³-hybridized carbons (Fsp3) is 0.250. The second-order valence-corrected chi connectivity index (χ2v) is 2.78. The third-order valence-electron chi connectivity index (χ3n) is 1.99. The Morgan fingerprint density at radius 2 is 2.31 bits per heavy atom.